The topological polar surface area (TPSA) is 0 Å². The number of hydrogen-bond donors (Lipinski definition) is 0. The molecular weight excluding hydrogens is 385 g/mol. The minimum atomic E-state index is -2.40. The molecule has 74 valence electrons. The first-order valence-corrected chi connectivity index (χ1v) is 6.49. The van der Waals surface area contributed by atoms with Crippen molar-refractivity contribution in [3.05, 3.63) is 31.1 Å². The summed E-state index contributed by atoms with van der Waals surface area (Å²) in [5, 5.41) is 2.18. The highest BCUT2D eigenvalue weighted by Gasteiger charge is 2.16. The lowest BCUT2D eigenvalue weighted by molar-refractivity contribution is 0.153. The Morgan fingerprint density at radius 1 is 1.36 bits per heavy atom. The van der Waals surface area contributed by atoms with Crippen LogP contribution < -0.4 is 0 Å². The van der Waals surface area contributed by atoms with Crippen LogP contribution in [-0.4, -0.2) is 0 Å². The highest BCUT2D eigenvalue weighted by molar-refractivity contribution is 14.1. The first-order valence-electron chi connectivity index (χ1n) is 3.74. The predicted molar refractivity (Wildman–Crippen MR) is 67.2 cm³/mol. The molecule has 1 aromatic heterocycles. The van der Waals surface area contributed by atoms with E-state index in [1.165, 1.54) is 16.7 Å². The normalized spacial score (nSPS) is 11.5. The smallest absolute Gasteiger partial charge is 0.205 e. The second kappa shape index (κ2) is 4.02. The lowest BCUT2D eigenvalue weighted by Gasteiger charge is -2.00. The zero-order valence-electron chi connectivity index (χ0n) is 6.73. The fourth-order valence-corrected chi connectivity index (χ4v) is 3.77. The third-order valence-electron chi connectivity index (χ3n) is 1.89. The molecule has 1 aromatic carbocycles. The molecule has 0 aliphatic heterocycles. The van der Waals surface area contributed by atoms with Crippen molar-refractivity contribution in [3.8, 4) is 0 Å². The fraction of sp³-hybridized carbons (Fsp3) is 0.111. The van der Waals surface area contributed by atoms with E-state index >= 15 is 0 Å². The summed E-state index contributed by atoms with van der Waals surface area (Å²) >= 11 is 6.82. The molecule has 0 aliphatic carbocycles. The van der Waals surface area contributed by atoms with Crippen LogP contribution >= 0.6 is 49.9 Å². The molecule has 0 atom stereocenters. The van der Waals surface area contributed by atoms with Crippen LogP contribution in [0, 0.1) is 3.57 Å². The first-order chi connectivity index (χ1) is 6.61. The quantitative estimate of drug-likeness (QED) is 0.588. The van der Waals surface area contributed by atoms with Crippen LogP contribution in [0.4, 0.5) is 8.78 Å². The minimum Gasteiger partial charge on any atom is -0.205 e. The second-order valence-corrected chi connectivity index (χ2v) is 5.62. The molecule has 0 amide bonds. The molecular formula is C9H4BrF2IS. The van der Waals surface area contributed by atoms with E-state index in [9.17, 15) is 8.78 Å². The lowest BCUT2D eigenvalue weighted by atomic mass is 10.2. The van der Waals surface area contributed by atoms with Gasteiger partial charge in [0.05, 0.1) is 0 Å². The van der Waals surface area contributed by atoms with Crippen molar-refractivity contribution in [1.29, 1.82) is 0 Å². The van der Waals surface area contributed by atoms with Gasteiger partial charge in [0.15, 0.2) is 0 Å². The van der Waals surface area contributed by atoms with Crippen molar-refractivity contribution in [3.63, 3.8) is 0 Å². The van der Waals surface area contributed by atoms with Crippen molar-refractivity contribution >= 4 is 59.9 Å². The van der Waals surface area contributed by atoms with Gasteiger partial charge in [-0.3, -0.25) is 0 Å². The Balaban J connectivity index is 2.84. The van der Waals surface area contributed by atoms with E-state index in [1.807, 2.05) is 12.1 Å². The molecule has 0 saturated carbocycles. The Bertz CT molecular complexity index is 481. The largest absolute Gasteiger partial charge is 0.265 e. The van der Waals surface area contributed by atoms with E-state index in [2.05, 4.69) is 38.5 Å². The van der Waals surface area contributed by atoms with Crippen molar-refractivity contribution in [2.24, 2.45) is 0 Å². The van der Waals surface area contributed by atoms with Gasteiger partial charge in [-0.1, -0.05) is 15.9 Å². The Kier molecular flexibility index (Phi) is 3.09. The number of rotatable bonds is 1. The summed E-state index contributed by atoms with van der Waals surface area (Å²) in [6.45, 7) is 0. The average Bonchev–Trinajstić information content (AvgIpc) is 2.56. The van der Waals surface area contributed by atoms with Gasteiger partial charge in [0.2, 0.25) is 0 Å². The summed E-state index contributed by atoms with van der Waals surface area (Å²) in [5.74, 6) is 0. The molecule has 0 unspecified atom stereocenters. The number of thiophene rings is 1. The molecule has 0 N–H and O–H groups in total. The van der Waals surface area contributed by atoms with Crippen molar-refractivity contribution in [1.82, 2.24) is 0 Å². The van der Waals surface area contributed by atoms with Gasteiger partial charge >= 0.3 is 0 Å². The molecule has 0 bridgehead atoms. The van der Waals surface area contributed by atoms with E-state index in [0.717, 1.165) is 12.7 Å². The monoisotopic (exact) mass is 388 g/mol. The third-order valence-corrected chi connectivity index (χ3v) is 4.84. The van der Waals surface area contributed by atoms with E-state index in [1.54, 1.807) is 0 Å². The van der Waals surface area contributed by atoms with Gasteiger partial charge in [-0.15, -0.1) is 11.3 Å². The highest BCUT2D eigenvalue weighted by Crippen LogP contribution is 2.39. The third kappa shape index (κ3) is 1.69. The Hall–Kier alpha value is 0.250. The first kappa shape index (κ1) is 10.8. The molecule has 14 heavy (non-hydrogen) atoms. The number of alkyl halides is 2. The SMILES string of the molecule is FC(F)c1csc2c(I)ccc(Br)c12. The van der Waals surface area contributed by atoms with Gasteiger partial charge in [0.25, 0.3) is 6.43 Å². The summed E-state index contributed by atoms with van der Waals surface area (Å²) in [5.41, 5.74) is 0.121. The molecule has 0 aliphatic rings. The van der Waals surface area contributed by atoms with Crippen LogP contribution in [0.15, 0.2) is 22.0 Å². The molecule has 0 fully saturated rings. The maximum atomic E-state index is 12.6. The van der Waals surface area contributed by atoms with Crippen LogP contribution in [0.1, 0.15) is 12.0 Å². The second-order valence-electron chi connectivity index (χ2n) is 2.73. The summed E-state index contributed by atoms with van der Waals surface area (Å²) in [6, 6.07) is 3.72. The average molecular weight is 389 g/mol. The van der Waals surface area contributed by atoms with Gasteiger partial charge in [-0.2, -0.15) is 0 Å². The Labute approximate surface area is 106 Å². The zero-order valence-corrected chi connectivity index (χ0v) is 11.3. The van der Waals surface area contributed by atoms with Gasteiger partial charge in [0, 0.05) is 29.1 Å². The number of hydrogen-bond acceptors (Lipinski definition) is 1. The summed E-state index contributed by atoms with van der Waals surface area (Å²) < 4.78 is 27.9. The molecule has 2 rings (SSSR count). The van der Waals surface area contributed by atoms with Gasteiger partial charge in [-0.05, 0) is 34.7 Å². The van der Waals surface area contributed by atoms with Gasteiger partial charge < -0.3 is 0 Å². The maximum Gasteiger partial charge on any atom is 0.265 e. The molecule has 1 heterocycles. The van der Waals surface area contributed by atoms with Crippen molar-refractivity contribution in [2.75, 3.05) is 0 Å². The molecule has 0 radical (unpaired) electrons. The predicted octanol–water partition coefficient (Wildman–Crippen LogP) is 5.21. The van der Waals surface area contributed by atoms with E-state index < -0.39 is 6.43 Å². The summed E-state index contributed by atoms with van der Waals surface area (Å²) in [6.07, 6.45) is -2.40. The minimum absolute atomic E-state index is 0.121. The lowest BCUT2D eigenvalue weighted by Crippen LogP contribution is -1.82. The summed E-state index contributed by atoms with van der Waals surface area (Å²) in [7, 11) is 0. The Morgan fingerprint density at radius 2 is 2.07 bits per heavy atom. The van der Waals surface area contributed by atoms with Gasteiger partial charge in [-0.25, -0.2) is 8.78 Å². The van der Waals surface area contributed by atoms with Crippen LogP contribution in [0.2, 0.25) is 0 Å². The van der Waals surface area contributed by atoms with Crippen LogP contribution in [-0.2, 0) is 0 Å². The Morgan fingerprint density at radius 3 is 2.71 bits per heavy atom. The van der Waals surface area contributed by atoms with Crippen molar-refractivity contribution in [2.45, 2.75) is 6.43 Å². The molecule has 0 nitrogen and oxygen atoms in total. The van der Waals surface area contributed by atoms with E-state index in [-0.39, 0.29) is 5.56 Å². The van der Waals surface area contributed by atoms with E-state index in [4.69, 9.17) is 0 Å². The zero-order chi connectivity index (χ0) is 10.3. The summed E-state index contributed by atoms with van der Waals surface area (Å²) in [4.78, 5) is 0. The molecule has 0 saturated heterocycles. The fourth-order valence-electron chi connectivity index (χ4n) is 1.26. The number of halogens is 4. The maximum absolute atomic E-state index is 12.6. The van der Waals surface area contributed by atoms with Crippen LogP contribution in [0.3, 0.4) is 0 Å². The number of fused-ring (bicyclic) bond motifs is 1. The van der Waals surface area contributed by atoms with Crippen LogP contribution in [0.25, 0.3) is 10.1 Å². The van der Waals surface area contributed by atoms with E-state index in [0.29, 0.717) is 5.39 Å². The van der Waals surface area contributed by atoms with Gasteiger partial charge in [0.1, 0.15) is 0 Å². The molecule has 2 aromatic rings. The highest BCUT2D eigenvalue weighted by atomic mass is 127. The number of benzene rings is 1. The van der Waals surface area contributed by atoms with Crippen LogP contribution in [0.5, 0.6) is 0 Å². The standard InChI is InChI=1S/C9H4BrF2IS/c10-5-1-2-6(13)8-7(5)4(3-14-8)9(11)12/h1-3,9H. The molecule has 0 spiro atoms. The van der Waals surface area contributed by atoms with Crippen molar-refractivity contribution < 1.29 is 8.78 Å². The molecule has 5 heteroatoms.